The van der Waals surface area contributed by atoms with E-state index in [-0.39, 0.29) is 37.6 Å². The fraction of sp³-hybridized carbons (Fsp3) is 0.452. The number of hydrogen-bond donors (Lipinski definition) is 0. The standard InChI is InChI=1S/C42H54N6O7.ClH/c1-9-47(23-13-14-38(49)43-22-12-10-11-15-41(52)55-48-39(50)20-21-40(48)51)34-27-35(53-8)32(26-33(34)46(6)7)42-30-18-16-28(44(2)3)24-36(30)54-37-25-29(45(4)5)17-19-31(37)42;/h16-19,24-27H,9-15,20-23H2,1-8H3;1H. The first-order valence-electron chi connectivity index (χ1n) is 18.9. The maximum atomic E-state index is 12.7. The van der Waals surface area contributed by atoms with Crippen molar-refractivity contribution in [3.8, 4) is 28.2 Å². The lowest BCUT2D eigenvalue weighted by Gasteiger charge is -2.30. The smallest absolute Gasteiger partial charge is 0.333 e. The molecule has 5 rings (SSSR count). The quantitative estimate of drug-likeness (QED) is 0.0345. The van der Waals surface area contributed by atoms with E-state index in [0.717, 1.165) is 68.1 Å². The summed E-state index contributed by atoms with van der Waals surface area (Å²) in [5.74, 6) is -0.230. The van der Waals surface area contributed by atoms with Crippen molar-refractivity contribution in [1.29, 1.82) is 0 Å². The van der Waals surface area contributed by atoms with Gasteiger partial charge in [-0.1, -0.05) is 6.42 Å². The average Bonchev–Trinajstić information content (AvgIpc) is 3.47. The number of carbonyl (C=O) groups excluding carboxylic acids is 3. The van der Waals surface area contributed by atoms with Crippen molar-refractivity contribution in [2.24, 2.45) is 4.99 Å². The number of hydroxylamine groups is 2. The Kier molecular flexibility index (Phi) is 15.1. The zero-order chi connectivity index (χ0) is 39.8. The lowest BCUT2D eigenvalue weighted by Crippen LogP contribution is -2.31. The molecule has 0 unspecified atom stereocenters. The molecule has 0 bridgehead atoms. The maximum Gasteiger partial charge on any atom is 0.333 e. The summed E-state index contributed by atoms with van der Waals surface area (Å²) in [5.41, 5.74) is 6.82. The number of imide groups is 1. The molecule has 0 atom stereocenters. The van der Waals surface area contributed by atoms with E-state index in [1.807, 2.05) is 42.3 Å². The van der Waals surface area contributed by atoms with Gasteiger partial charge in [-0.25, -0.2) is 9.37 Å². The van der Waals surface area contributed by atoms with E-state index < -0.39 is 17.8 Å². The van der Waals surface area contributed by atoms with E-state index in [1.54, 1.807) is 7.11 Å². The highest BCUT2D eigenvalue weighted by Gasteiger charge is 2.32. The molecule has 1 aliphatic carbocycles. The summed E-state index contributed by atoms with van der Waals surface area (Å²) in [6.45, 7) is 3.86. The van der Waals surface area contributed by atoms with Crippen molar-refractivity contribution < 1.29 is 33.5 Å². The number of ether oxygens (including phenoxy) is 1. The van der Waals surface area contributed by atoms with Crippen LogP contribution >= 0.6 is 12.4 Å². The fourth-order valence-corrected chi connectivity index (χ4v) is 6.76. The molecule has 1 fully saturated rings. The van der Waals surface area contributed by atoms with E-state index in [4.69, 9.17) is 14.0 Å². The summed E-state index contributed by atoms with van der Waals surface area (Å²) >= 11 is 0. The van der Waals surface area contributed by atoms with Crippen molar-refractivity contribution in [1.82, 2.24) is 9.64 Å². The second-order valence-corrected chi connectivity index (χ2v) is 14.4. The van der Waals surface area contributed by atoms with Crippen LogP contribution < -0.4 is 34.5 Å². The summed E-state index contributed by atoms with van der Waals surface area (Å²) in [4.78, 5) is 50.8. The normalized spacial score (nSPS) is 12.9. The van der Waals surface area contributed by atoms with Crippen LogP contribution in [0.1, 0.15) is 58.3 Å². The highest BCUT2D eigenvalue weighted by atomic mass is 35.5. The Labute approximate surface area is 335 Å². The summed E-state index contributed by atoms with van der Waals surface area (Å²) in [6, 6.07) is 16.9. The summed E-state index contributed by atoms with van der Waals surface area (Å²) in [6.07, 6.45) is 3.00. The van der Waals surface area contributed by atoms with E-state index in [2.05, 4.69) is 79.7 Å². The Morgan fingerprint density at radius 3 is 2.27 bits per heavy atom. The molecule has 56 heavy (non-hydrogen) atoms. The van der Waals surface area contributed by atoms with E-state index in [0.29, 0.717) is 50.3 Å². The minimum absolute atomic E-state index is 0. The molecule has 2 aromatic carbocycles. The van der Waals surface area contributed by atoms with Gasteiger partial charge in [0.1, 0.15) is 31.2 Å². The zero-order valence-corrected chi connectivity index (χ0v) is 34.7. The molecular weight excluding hydrogens is 736 g/mol. The van der Waals surface area contributed by atoms with Gasteiger partial charge in [0.25, 0.3) is 11.8 Å². The minimum Gasteiger partial charge on any atom is -0.862 e. The van der Waals surface area contributed by atoms with Crippen molar-refractivity contribution >= 4 is 64.1 Å². The summed E-state index contributed by atoms with van der Waals surface area (Å²) in [7, 11) is 13.8. The molecule has 2 heterocycles. The number of carbonyl (C=O) groups is 3. The van der Waals surface area contributed by atoms with Gasteiger partial charge in [-0.05, 0) is 62.8 Å². The highest BCUT2D eigenvalue weighted by molar-refractivity contribution is 6.05. The van der Waals surface area contributed by atoms with Crippen LogP contribution in [-0.2, 0) is 19.2 Å². The minimum atomic E-state index is -0.614. The number of unbranched alkanes of at least 4 members (excludes halogenated alkanes) is 2. The van der Waals surface area contributed by atoms with E-state index in [1.165, 1.54) is 0 Å². The molecule has 2 aliphatic heterocycles. The first-order chi connectivity index (χ1) is 26.3. The molecule has 302 valence electrons. The zero-order valence-electron chi connectivity index (χ0n) is 33.8. The number of halogens is 1. The Bertz CT molecular complexity index is 2090. The third-order valence-electron chi connectivity index (χ3n) is 9.84. The monoisotopic (exact) mass is 790 g/mol. The third-order valence-corrected chi connectivity index (χ3v) is 9.84. The molecule has 2 aromatic rings. The van der Waals surface area contributed by atoms with Crippen molar-refractivity contribution in [2.45, 2.75) is 58.3 Å². The Morgan fingerprint density at radius 1 is 0.893 bits per heavy atom. The fourth-order valence-electron chi connectivity index (χ4n) is 6.76. The SMILES string of the molecule is CCN(CCCC([O-])=NCCCCCC(=O)ON1C(=O)CCC1=O)c1cc(OC)c(-c2c3ccc(=[N+](C)C)cc-3oc3cc(N(C)C)ccc23)cc1N(C)C.Cl. The topological polar surface area (TPSA) is 134 Å². The average molecular weight is 791 g/mol. The van der Waals surface area contributed by atoms with Crippen LogP contribution in [0.5, 0.6) is 5.75 Å². The van der Waals surface area contributed by atoms with Crippen LogP contribution in [0.2, 0.25) is 0 Å². The van der Waals surface area contributed by atoms with Gasteiger partial charge in [0.05, 0.1) is 24.6 Å². The first-order valence-corrected chi connectivity index (χ1v) is 18.9. The van der Waals surface area contributed by atoms with Crippen molar-refractivity contribution in [2.75, 3.05) is 83.7 Å². The molecule has 0 N–H and O–H groups in total. The molecule has 1 saturated heterocycles. The summed E-state index contributed by atoms with van der Waals surface area (Å²) in [5, 5.41) is 15.3. The van der Waals surface area contributed by atoms with Crippen LogP contribution in [-0.4, -0.2) is 97.8 Å². The lowest BCUT2D eigenvalue weighted by molar-refractivity contribution is -0.219. The van der Waals surface area contributed by atoms with Crippen LogP contribution in [0.3, 0.4) is 0 Å². The van der Waals surface area contributed by atoms with Gasteiger partial charge in [-0.3, -0.25) is 9.59 Å². The van der Waals surface area contributed by atoms with Gasteiger partial charge in [0, 0.05) is 113 Å². The van der Waals surface area contributed by atoms with Gasteiger partial charge in [-0.2, -0.15) is 0 Å². The predicted octanol–water partition coefficient (Wildman–Crippen LogP) is 5.33. The number of anilines is 3. The molecule has 3 aliphatic rings. The maximum absolute atomic E-state index is 12.7. The molecular formula is C42H55ClN6O7. The molecule has 0 saturated carbocycles. The number of rotatable bonds is 17. The molecule has 0 spiro atoms. The number of methoxy groups -OCH3 is 1. The van der Waals surface area contributed by atoms with Gasteiger partial charge >= 0.3 is 5.97 Å². The Hall–Kier alpha value is -5.30. The van der Waals surface area contributed by atoms with Crippen LogP contribution in [0.15, 0.2) is 57.9 Å². The second-order valence-electron chi connectivity index (χ2n) is 14.4. The molecule has 0 aromatic heterocycles. The number of aliphatic imine (C=N–C) groups is 1. The lowest BCUT2D eigenvalue weighted by atomic mass is 9.92. The van der Waals surface area contributed by atoms with E-state index in [9.17, 15) is 19.5 Å². The molecule has 14 heteroatoms. The first kappa shape index (κ1) is 43.4. The number of amides is 2. The van der Waals surface area contributed by atoms with Gasteiger partial charge in [0.15, 0.2) is 0 Å². The highest BCUT2D eigenvalue weighted by Crippen LogP contribution is 2.47. The molecule has 13 nitrogen and oxygen atoms in total. The Morgan fingerprint density at radius 2 is 1.62 bits per heavy atom. The predicted molar refractivity (Wildman–Crippen MR) is 223 cm³/mol. The molecule has 0 radical (unpaired) electrons. The number of nitrogens with zero attached hydrogens (tertiary/aromatic N) is 6. The molecule has 2 amide bonds. The second kappa shape index (κ2) is 19.5. The van der Waals surface area contributed by atoms with Crippen LogP contribution in [0.4, 0.5) is 17.1 Å². The van der Waals surface area contributed by atoms with Crippen LogP contribution in [0.25, 0.3) is 33.4 Å². The van der Waals surface area contributed by atoms with E-state index >= 15 is 0 Å². The largest absolute Gasteiger partial charge is 0.862 e. The third kappa shape index (κ3) is 10.1. The summed E-state index contributed by atoms with van der Waals surface area (Å²) < 4.78 is 14.8. The van der Waals surface area contributed by atoms with Gasteiger partial charge in [0.2, 0.25) is 5.36 Å². The van der Waals surface area contributed by atoms with Crippen molar-refractivity contribution in [3.63, 3.8) is 0 Å². The van der Waals surface area contributed by atoms with Crippen molar-refractivity contribution in [3.05, 3.63) is 53.9 Å². The number of fused-ring (bicyclic) bond motifs is 2. The number of hydrogen-bond acceptors (Lipinski definition) is 11. The number of benzene rings is 3. The van der Waals surface area contributed by atoms with Gasteiger partial charge < -0.3 is 38.8 Å². The Balaban J connectivity index is 0.00000696. The van der Waals surface area contributed by atoms with Gasteiger partial charge in [-0.15, -0.1) is 17.5 Å². The van der Waals surface area contributed by atoms with Crippen LogP contribution in [0, 0.1) is 0 Å².